The zero-order valence-electron chi connectivity index (χ0n) is 17.1. The Labute approximate surface area is 185 Å². The predicted octanol–water partition coefficient (Wildman–Crippen LogP) is 3.96. The van der Waals surface area contributed by atoms with Crippen LogP contribution in [0.25, 0.3) is 0 Å². The molecule has 2 aromatic rings. The standard InChI is InChI=1S/C21H31N5O.HI/c1-22-21(25(2)15-18-14-24-26(3)16-18)23-13-17-8-7-11-20(12-17)27-19-9-5-4-6-10-19;/h7-8,11-12,14,16,19H,4-6,9-10,13,15H2,1-3H3,(H,22,23);1H. The van der Waals surface area contributed by atoms with Gasteiger partial charge >= 0.3 is 0 Å². The van der Waals surface area contributed by atoms with E-state index in [9.17, 15) is 0 Å². The summed E-state index contributed by atoms with van der Waals surface area (Å²) in [5.41, 5.74) is 2.35. The van der Waals surface area contributed by atoms with Gasteiger partial charge in [0.1, 0.15) is 5.75 Å². The van der Waals surface area contributed by atoms with E-state index in [1.807, 2.05) is 38.2 Å². The summed E-state index contributed by atoms with van der Waals surface area (Å²) in [5, 5.41) is 7.66. The fourth-order valence-electron chi connectivity index (χ4n) is 3.57. The molecule has 0 radical (unpaired) electrons. The molecule has 1 aromatic carbocycles. The van der Waals surface area contributed by atoms with Crippen LogP contribution in [0.2, 0.25) is 0 Å². The summed E-state index contributed by atoms with van der Waals surface area (Å²) in [6.45, 7) is 1.48. The number of guanidine groups is 1. The van der Waals surface area contributed by atoms with Crippen LogP contribution in [0.15, 0.2) is 41.7 Å². The lowest BCUT2D eigenvalue weighted by Gasteiger charge is -2.23. The van der Waals surface area contributed by atoms with Gasteiger partial charge in [0.2, 0.25) is 0 Å². The zero-order valence-corrected chi connectivity index (χ0v) is 19.4. The van der Waals surface area contributed by atoms with Crippen molar-refractivity contribution >= 4 is 29.9 Å². The van der Waals surface area contributed by atoms with Gasteiger partial charge in [0, 0.05) is 46.0 Å². The molecule has 1 heterocycles. The second-order valence-electron chi connectivity index (χ2n) is 7.30. The maximum atomic E-state index is 6.18. The molecule has 0 unspecified atom stereocenters. The van der Waals surface area contributed by atoms with Crippen LogP contribution in [0.4, 0.5) is 0 Å². The van der Waals surface area contributed by atoms with Crippen molar-refractivity contribution in [2.75, 3.05) is 14.1 Å². The number of aryl methyl sites for hydroxylation is 1. The third kappa shape index (κ3) is 6.68. The van der Waals surface area contributed by atoms with Crippen LogP contribution in [-0.2, 0) is 20.1 Å². The van der Waals surface area contributed by atoms with E-state index in [0.717, 1.165) is 23.8 Å². The third-order valence-electron chi connectivity index (χ3n) is 4.96. The van der Waals surface area contributed by atoms with E-state index >= 15 is 0 Å². The van der Waals surface area contributed by atoms with Gasteiger partial charge in [-0.2, -0.15) is 5.10 Å². The summed E-state index contributed by atoms with van der Waals surface area (Å²) < 4.78 is 8.00. The van der Waals surface area contributed by atoms with Crippen molar-refractivity contribution in [3.8, 4) is 5.75 Å². The molecule has 0 amide bonds. The molecule has 6 nitrogen and oxygen atoms in total. The lowest BCUT2D eigenvalue weighted by molar-refractivity contribution is 0.155. The Morgan fingerprint density at radius 1 is 1.29 bits per heavy atom. The molecule has 0 saturated heterocycles. The molecule has 3 rings (SSSR count). The number of nitrogens with zero attached hydrogens (tertiary/aromatic N) is 4. The summed E-state index contributed by atoms with van der Waals surface area (Å²) in [4.78, 5) is 6.49. The number of hydrogen-bond acceptors (Lipinski definition) is 3. The van der Waals surface area contributed by atoms with E-state index in [2.05, 4.69) is 44.6 Å². The van der Waals surface area contributed by atoms with Crippen LogP contribution in [-0.4, -0.2) is 40.8 Å². The molecule has 154 valence electrons. The second kappa shape index (κ2) is 11.3. The lowest BCUT2D eigenvalue weighted by atomic mass is 9.98. The van der Waals surface area contributed by atoms with Crippen molar-refractivity contribution in [3.05, 3.63) is 47.8 Å². The lowest BCUT2D eigenvalue weighted by Crippen LogP contribution is -2.38. The van der Waals surface area contributed by atoms with E-state index in [1.54, 1.807) is 0 Å². The van der Waals surface area contributed by atoms with Crippen LogP contribution in [0.1, 0.15) is 43.2 Å². The Kier molecular flexibility index (Phi) is 9.08. The summed E-state index contributed by atoms with van der Waals surface area (Å²) in [7, 11) is 5.77. The highest BCUT2D eigenvalue weighted by atomic mass is 127. The van der Waals surface area contributed by atoms with Crippen LogP contribution >= 0.6 is 24.0 Å². The largest absolute Gasteiger partial charge is 0.490 e. The third-order valence-corrected chi connectivity index (χ3v) is 4.96. The van der Waals surface area contributed by atoms with Crippen molar-refractivity contribution in [1.29, 1.82) is 0 Å². The van der Waals surface area contributed by atoms with Crippen molar-refractivity contribution in [1.82, 2.24) is 20.0 Å². The first-order valence-corrected chi connectivity index (χ1v) is 9.79. The number of rotatable bonds is 6. The zero-order chi connectivity index (χ0) is 19.1. The molecule has 0 spiro atoms. The minimum absolute atomic E-state index is 0. The predicted molar refractivity (Wildman–Crippen MR) is 124 cm³/mol. The average Bonchev–Trinajstić information content (AvgIpc) is 3.08. The molecule has 7 heteroatoms. The van der Waals surface area contributed by atoms with Crippen LogP contribution < -0.4 is 10.1 Å². The van der Waals surface area contributed by atoms with E-state index in [0.29, 0.717) is 12.6 Å². The number of aliphatic imine (C=N–C) groups is 1. The van der Waals surface area contributed by atoms with Gasteiger partial charge in [0.15, 0.2) is 5.96 Å². The summed E-state index contributed by atoms with van der Waals surface area (Å²) in [6, 6.07) is 8.38. The molecular formula is C21H32IN5O. The molecule has 1 aliphatic carbocycles. The number of ether oxygens (including phenoxy) is 1. The smallest absolute Gasteiger partial charge is 0.193 e. The van der Waals surface area contributed by atoms with E-state index < -0.39 is 0 Å². The molecule has 1 N–H and O–H groups in total. The van der Waals surface area contributed by atoms with Gasteiger partial charge in [0.05, 0.1) is 12.3 Å². The van der Waals surface area contributed by atoms with Crippen molar-refractivity contribution in [3.63, 3.8) is 0 Å². The molecule has 1 aliphatic rings. The summed E-state index contributed by atoms with van der Waals surface area (Å²) in [6.07, 6.45) is 10.5. The fourth-order valence-corrected chi connectivity index (χ4v) is 3.57. The highest BCUT2D eigenvalue weighted by Gasteiger charge is 2.15. The second-order valence-corrected chi connectivity index (χ2v) is 7.30. The van der Waals surface area contributed by atoms with Crippen LogP contribution in [0.3, 0.4) is 0 Å². The quantitative estimate of drug-likeness (QED) is 0.373. The number of nitrogens with one attached hydrogen (secondary N) is 1. The first-order chi connectivity index (χ1) is 13.1. The van der Waals surface area contributed by atoms with Gasteiger partial charge in [-0.1, -0.05) is 18.6 Å². The Bertz CT molecular complexity index is 755. The minimum atomic E-state index is 0. The number of aromatic nitrogens is 2. The van der Waals surface area contributed by atoms with E-state index in [4.69, 9.17) is 4.74 Å². The van der Waals surface area contributed by atoms with Crippen LogP contribution in [0, 0.1) is 0 Å². The van der Waals surface area contributed by atoms with Crippen molar-refractivity contribution in [2.45, 2.75) is 51.3 Å². The molecule has 28 heavy (non-hydrogen) atoms. The van der Waals surface area contributed by atoms with Gasteiger partial charge in [-0.25, -0.2) is 0 Å². The Hall–Kier alpha value is -1.77. The van der Waals surface area contributed by atoms with Crippen molar-refractivity contribution < 1.29 is 4.74 Å². The number of halogens is 1. The first-order valence-electron chi connectivity index (χ1n) is 9.79. The normalized spacial score (nSPS) is 15.0. The number of benzene rings is 1. The Balaban J connectivity index is 0.00000280. The molecule has 0 atom stereocenters. The fraction of sp³-hybridized carbons (Fsp3) is 0.524. The molecule has 0 aliphatic heterocycles. The van der Waals surface area contributed by atoms with Gasteiger partial charge in [-0.3, -0.25) is 9.67 Å². The van der Waals surface area contributed by atoms with Crippen LogP contribution in [0.5, 0.6) is 5.75 Å². The summed E-state index contributed by atoms with van der Waals surface area (Å²) >= 11 is 0. The van der Waals surface area contributed by atoms with Gasteiger partial charge in [-0.05, 0) is 43.4 Å². The highest BCUT2D eigenvalue weighted by Crippen LogP contribution is 2.23. The van der Waals surface area contributed by atoms with Gasteiger partial charge in [0.25, 0.3) is 0 Å². The molecule has 1 fully saturated rings. The SMILES string of the molecule is CN=C(NCc1cccc(OC2CCCCC2)c1)N(C)Cc1cnn(C)c1.I. The topological polar surface area (TPSA) is 54.7 Å². The van der Waals surface area contributed by atoms with E-state index in [1.165, 1.54) is 37.7 Å². The maximum Gasteiger partial charge on any atom is 0.193 e. The summed E-state index contributed by atoms with van der Waals surface area (Å²) in [5.74, 6) is 1.83. The molecular weight excluding hydrogens is 465 g/mol. The maximum absolute atomic E-state index is 6.18. The molecule has 1 aromatic heterocycles. The molecule has 0 bridgehead atoms. The minimum Gasteiger partial charge on any atom is -0.490 e. The molecule has 1 saturated carbocycles. The highest BCUT2D eigenvalue weighted by molar-refractivity contribution is 14.0. The number of hydrogen-bond donors (Lipinski definition) is 1. The average molecular weight is 497 g/mol. The van der Waals surface area contributed by atoms with Crippen molar-refractivity contribution in [2.24, 2.45) is 12.0 Å². The Morgan fingerprint density at radius 3 is 2.75 bits per heavy atom. The van der Waals surface area contributed by atoms with Gasteiger partial charge in [-0.15, -0.1) is 24.0 Å². The van der Waals surface area contributed by atoms with Gasteiger partial charge < -0.3 is 15.0 Å². The Morgan fingerprint density at radius 2 is 2.07 bits per heavy atom. The monoisotopic (exact) mass is 497 g/mol. The first kappa shape index (κ1) is 22.5. The van der Waals surface area contributed by atoms with E-state index in [-0.39, 0.29) is 24.0 Å².